The Labute approximate surface area is 51.2 Å². The predicted octanol–water partition coefficient (Wildman–Crippen LogP) is 0.724. The zero-order valence-corrected chi connectivity index (χ0v) is 4.23. The molecule has 3 heteroatoms. The maximum atomic E-state index is 9.00. The van der Waals surface area contributed by atoms with Gasteiger partial charge in [-0.15, -0.1) is 0 Å². The maximum absolute atomic E-state index is 9.00. The van der Waals surface area contributed by atoms with E-state index in [1.807, 2.05) is 0 Å². The van der Waals surface area contributed by atoms with Crippen molar-refractivity contribution >= 4 is 5.97 Å². The smallest absolute Gasteiger partial charge is 0.300 e. The summed E-state index contributed by atoms with van der Waals surface area (Å²) in [6.45, 7) is 1.08. The van der Waals surface area contributed by atoms with Crippen LogP contribution in [0.25, 0.3) is 0 Å². The second-order valence-corrected chi connectivity index (χ2v) is 0.519. The van der Waals surface area contributed by atoms with Crippen molar-refractivity contribution in [1.82, 2.24) is 0 Å². The maximum Gasteiger partial charge on any atom is 0.300 e. The molecule has 0 unspecified atom stereocenters. The van der Waals surface area contributed by atoms with Crippen molar-refractivity contribution in [1.29, 1.82) is 0 Å². The molecule has 0 fully saturated rings. The molecule has 0 heterocycles. The first kappa shape index (κ1) is 16.5. The topological polar surface area (TPSA) is 37.3 Å². The minimum Gasteiger partial charge on any atom is -0.481 e. The third-order valence-corrected chi connectivity index (χ3v) is 0. The van der Waals surface area contributed by atoms with E-state index in [1.54, 1.807) is 0 Å². The van der Waals surface area contributed by atoms with Crippen LogP contribution >= 0.6 is 0 Å². The summed E-state index contributed by atoms with van der Waals surface area (Å²) in [5, 5.41) is 7.42. The van der Waals surface area contributed by atoms with Gasteiger partial charge >= 0.3 is 0 Å². The van der Waals surface area contributed by atoms with E-state index in [9.17, 15) is 0 Å². The number of carboxylic acids is 1. The largest absolute Gasteiger partial charge is 0.481 e. The summed E-state index contributed by atoms with van der Waals surface area (Å²) in [4.78, 5) is 9.00. The van der Waals surface area contributed by atoms with E-state index < -0.39 is 5.97 Å². The molecule has 0 aromatic carbocycles. The predicted molar refractivity (Wildman–Crippen MR) is 20.0 cm³/mol. The molecule has 0 aliphatic carbocycles. The Kier molecular flexibility index (Phi) is 24.5. The summed E-state index contributed by atoms with van der Waals surface area (Å²) >= 11 is 0. The van der Waals surface area contributed by atoms with Gasteiger partial charge in [-0.25, -0.2) is 0 Å². The fraction of sp³-hybridized carbons (Fsp3) is 0.667. The SMILES string of the molecule is C.CC(=O)O.[Pd]. The normalized spacial score (nSPS) is 4.17. The summed E-state index contributed by atoms with van der Waals surface area (Å²) in [6.07, 6.45) is 0. The van der Waals surface area contributed by atoms with Crippen molar-refractivity contribution in [2.45, 2.75) is 14.4 Å². The molecule has 0 aromatic heterocycles. The van der Waals surface area contributed by atoms with Gasteiger partial charge in [0.2, 0.25) is 0 Å². The third-order valence-electron chi connectivity index (χ3n) is 0. The Morgan fingerprint density at radius 1 is 1.67 bits per heavy atom. The second kappa shape index (κ2) is 8.93. The van der Waals surface area contributed by atoms with Crippen LogP contribution in [0.4, 0.5) is 0 Å². The molecule has 2 nitrogen and oxygen atoms in total. The number of carbonyl (C=O) groups is 1. The molecule has 0 aliphatic rings. The first-order valence-electron chi connectivity index (χ1n) is 0.928. The van der Waals surface area contributed by atoms with Gasteiger partial charge in [0.1, 0.15) is 0 Å². The average molecular weight is 183 g/mol. The minimum absolute atomic E-state index is 0. The number of rotatable bonds is 0. The van der Waals surface area contributed by atoms with Crippen LogP contribution in [-0.4, -0.2) is 11.1 Å². The monoisotopic (exact) mass is 182 g/mol. The van der Waals surface area contributed by atoms with E-state index in [1.165, 1.54) is 0 Å². The van der Waals surface area contributed by atoms with E-state index in [2.05, 4.69) is 0 Å². The molecule has 0 atom stereocenters. The van der Waals surface area contributed by atoms with Crippen molar-refractivity contribution in [3.05, 3.63) is 0 Å². The molecule has 0 bridgehead atoms. The van der Waals surface area contributed by atoms with Crippen LogP contribution in [0.3, 0.4) is 0 Å². The van der Waals surface area contributed by atoms with Gasteiger partial charge in [-0.3, -0.25) is 4.79 Å². The van der Waals surface area contributed by atoms with Gasteiger partial charge in [-0.1, -0.05) is 7.43 Å². The average Bonchev–Trinajstić information content (AvgIpc) is 0.811. The van der Waals surface area contributed by atoms with Crippen LogP contribution < -0.4 is 0 Å². The van der Waals surface area contributed by atoms with Crippen LogP contribution in [0.2, 0.25) is 0 Å². The van der Waals surface area contributed by atoms with E-state index >= 15 is 0 Å². The minimum atomic E-state index is -0.833. The molecule has 0 spiro atoms. The number of aliphatic carboxylic acids is 1. The Bertz CT molecular complexity index is 31.8. The number of hydrogen-bond donors (Lipinski definition) is 1. The molecule has 0 saturated carbocycles. The van der Waals surface area contributed by atoms with Crippen LogP contribution in [0.5, 0.6) is 0 Å². The second-order valence-electron chi connectivity index (χ2n) is 0.519. The van der Waals surface area contributed by atoms with Crippen LogP contribution in [0.1, 0.15) is 14.4 Å². The van der Waals surface area contributed by atoms with Crippen LogP contribution in [0.15, 0.2) is 0 Å². The standard InChI is InChI=1S/C2H4O2.CH4.Pd/c1-2(3)4;;/h1H3,(H,3,4);1H4;. The quantitative estimate of drug-likeness (QED) is 0.561. The van der Waals surface area contributed by atoms with Crippen molar-refractivity contribution < 1.29 is 30.3 Å². The van der Waals surface area contributed by atoms with E-state index in [0.717, 1.165) is 6.92 Å². The van der Waals surface area contributed by atoms with Crippen molar-refractivity contribution in [2.75, 3.05) is 0 Å². The van der Waals surface area contributed by atoms with Gasteiger partial charge in [-0.05, 0) is 0 Å². The molecule has 0 radical (unpaired) electrons. The Hall–Kier alpha value is 0.132. The van der Waals surface area contributed by atoms with E-state index in [-0.39, 0.29) is 27.8 Å². The third kappa shape index (κ3) is 2320. The molecular weight excluding hydrogens is 174 g/mol. The van der Waals surface area contributed by atoms with Gasteiger partial charge < -0.3 is 5.11 Å². The first-order valence-corrected chi connectivity index (χ1v) is 0.928. The Morgan fingerprint density at radius 3 is 1.67 bits per heavy atom. The van der Waals surface area contributed by atoms with Gasteiger partial charge in [0.05, 0.1) is 0 Å². The van der Waals surface area contributed by atoms with Crippen LogP contribution in [-0.2, 0) is 25.2 Å². The molecular formula is C3H8O2Pd. The Morgan fingerprint density at radius 2 is 1.67 bits per heavy atom. The van der Waals surface area contributed by atoms with Gasteiger partial charge in [0, 0.05) is 27.3 Å². The van der Waals surface area contributed by atoms with E-state index in [4.69, 9.17) is 9.90 Å². The molecule has 0 rings (SSSR count). The van der Waals surface area contributed by atoms with E-state index in [0.29, 0.717) is 0 Å². The van der Waals surface area contributed by atoms with Gasteiger partial charge in [0.15, 0.2) is 0 Å². The van der Waals surface area contributed by atoms with Crippen molar-refractivity contribution in [3.63, 3.8) is 0 Å². The van der Waals surface area contributed by atoms with Crippen LogP contribution in [0, 0.1) is 0 Å². The molecule has 1 N–H and O–H groups in total. The van der Waals surface area contributed by atoms with Crippen molar-refractivity contribution in [3.8, 4) is 0 Å². The first-order chi connectivity index (χ1) is 1.73. The fourth-order valence-electron chi connectivity index (χ4n) is 0. The number of carboxylic acid groups (broad SMARTS) is 1. The summed E-state index contributed by atoms with van der Waals surface area (Å²) in [6, 6.07) is 0. The summed E-state index contributed by atoms with van der Waals surface area (Å²) in [7, 11) is 0. The summed E-state index contributed by atoms with van der Waals surface area (Å²) < 4.78 is 0. The van der Waals surface area contributed by atoms with Gasteiger partial charge in [-0.2, -0.15) is 0 Å². The molecule has 6 heavy (non-hydrogen) atoms. The summed E-state index contributed by atoms with van der Waals surface area (Å²) in [5.41, 5.74) is 0. The molecule has 0 amide bonds. The molecule has 0 saturated heterocycles. The fourth-order valence-corrected chi connectivity index (χ4v) is 0. The molecule has 0 aromatic rings. The Balaban J connectivity index is -0.0000000450. The molecule has 0 aliphatic heterocycles. The van der Waals surface area contributed by atoms with Gasteiger partial charge in [0.25, 0.3) is 5.97 Å². The van der Waals surface area contributed by atoms with Crippen molar-refractivity contribution in [2.24, 2.45) is 0 Å². The zero-order valence-electron chi connectivity index (χ0n) is 2.67. The molecule has 42 valence electrons. The number of hydrogen-bond acceptors (Lipinski definition) is 1. The summed E-state index contributed by atoms with van der Waals surface area (Å²) in [5.74, 6) is -0.833. The zero-order chi connectivity index (χ0) is 3.58.